The molecule has 0 saturated carbocycles. The molecular weight excluding hydrogens is 154 g/mol. The molecule has 1 amide bonds. The van der Waals surface area contributed by atoms with E-state index < -0.39 is 5.91 Å². The summed E-state index contributed by atoms with van der Waals surface area (Å²) in [6.45, 7) is 2.44. The zero-order valence-electron chi connectivity index (χ0n) is 6.83. The van der Waals surface area contributed by atoms with Gasteiger partial charge in [-0.3, -0.25) is 4.79 Å². The highest BCUT2D eigenvalue weighted by Gasteiger charge is 2.00. The van der Waals surface area contributed by atoms with Gasteiger partial charge in [0.05, 0.1) is 6.61 Å². The molecule has 0 unspecified atom stereocenters. The van der Waals surface area contributed by atoms with Crippen LogP contribution in [-0.2, 0) is 0 Å². The lowest BCUT2D eigenvalue weighted by Crippen LogP contribution is -2.10. The van der Waals surface area contributed by atoms with E-state index in [1.54, 1.807) is 12.1 Å². The molecule has 1 radical (unpaired) electrons. The molecule has 0 aliphatic carbocycles. The van der Waals surface area contributed by atoms with Crippen LogP contribution in [0.4, 0.5) is 0 Å². The van der Waals surface area contributed by atoms with Crippen LogP contribution in [0.25, 0.3) is 0 Å². The van der Waals surface area contributed by atoms with Crippen molar-refractivity contribution >= 4 is 5.91 Å². The smallest absolute Gasteiger partial charge is 0.248 e. The number of nitrogens with two attached hydrogens (primary N) is 1. The van der Waals surface area contributed by atoms with Gasteiger partial charge in [-0.2, -0.15) is 0 Å². The van der Waals surface area contributed by atoms with E-state index in [1.807, 2.05) is 6.92 Å². The van der Waals surface area contributed by atoms with Crippen molar-refractivity contribution in [3.8, 4) is 5.75 Å². The molecule has 3 heteroatoms. The predicted octanol–water partition coefficient (Wildman–Crippen LogP) is 0.984. The Morgan fingerprint density at radius 2 is 2.42 bits per heavy atom. The molecule has 0 aromatic heterocycles. The SMILES string of the molecule is CCOc1c[c]cc(C(N)=O)c1. The van der Waals surface area contributed by atoms with E-state index in [0.29, 0.717) is 17.9 Å². The van der Waals surface area contributed by atoms with Crippen LogP contribution in [0.5, 0.6) is 5.75 Å². The number of carbonyl (C=O) groups is 1. The second-order valence-corrected chi connectivity index (χ2v) is 2.25. The summed E-state index contributed by atoms with van der Waals surface area (Å²) in [5, 5.41) is 0. The molecule has 0 heterocycles. The van der Waals surface area contributed by atoms with E-state index in [4.69, 9.17) is 10.5 Å². The van der Waals surface area contributed by atoms with Gasteiger partial charge < -0.3 is 10.5 Å². The number of rotatable bonds is 3. The van der Waals surface area contributed by atoms with Crippen LogP contribution in [0, 0.1) is 6.07 Å². The molecule has 1 aromatic carbocycles. The summed E-state index contributed by atoms with van der Waals surface area (Å²) in [7, 11) is 0. The summed E-state index contributed by atoms with van der Waals surface area (Å²) >= 11 is 0. The molecule has 0 aliphatic rings. The normalized spacial score (nSPS) is 9.42. The number of ether oxygens (including phenoxy) is 1. The fraction of sp³-hybridized carbons (Fsp3) is 0.222. The highest BCUT2D eigenvalue weighted by molar-refractivity contribution is 5.93. The van der Waals surface area contributed by atoms with Crippen molar-refractivity contribution in [2.24, 2.45) is 5.73 Å². The minimum atomic E-state index is -0.465. The fourth-order valence-corrected chi connectivity index (χ4v) is 0.842. The van der Waals surface area contributed by atoms with Gasteiger partial charge in [0.15, 0.2) is 0 Å². The first-order valence-corrected chi connectivity index (χ1v) is 3.67. The van der Waals surface area contributed by atoms with Crippen LogP contribution in [-0.4, -0.2) is 12.5 Å². The maximum absolute atomic E-state index is 10.7. The summed E-state index contributed by atoms with van der Waals surface area (Å²) in [6.07, 6.45) is 0. The van der Waals surface area contributed by atoms with E-state index in [2.05, 4.69) is 6.07 Å². The van der Waals surface area contributed by atoms with Gasteiger partial charge in [-0.1, -0.05) is 0 Å². The second kappa shape index (κ2) is 3.76. The summed E-state index contributed by atoms with van der Waals surface area (Å²) in [4.78, 5) is 10.7. The van der Waals surface area contributed by atoms with Crippen molar-refractivity contribution in [3.63, 3.8) is 0 Å². The number of hydrogen-bond donors (Lipinski definition) is 1. The van der Waals surface area contributed by atoms with E-state index in [0.717, 1.165) is 0 Å². The summed E-state index contributed by atoms with van der Waals surface area (Å²) in [6, 6.07) is 7.56. The lowest BCUT2D eigenvalue weighted by molar-refractivity contribution is 0.1000. The third-order valence-electron chi connectivity index (χ3n) is 1.36. The highest BCUT2D eigenvalue weighted by Crippen LogP contribution is 2.11. The fourth-order valence-electron chi connectivity index (χ4n) is 0.842. The Balaban J connectivity index is 2.88. The first-order valence-electron chi connectivity index (χ1n) is 3.67. The Morgan fingerprint density at radius 1 is 1.67 bits per heavy atom. The zero-order chi connectivity index (χ0) is 8.97. The Bertz CT molecular complexity index is 284. The zero-order valence-corrected chi connectivity index (χ0v) is 6.83. The Morgan fingerprint density at radius 3 is 3.00 bits per heavy atom. The molecule has 3 nitrogen and oxygen atoms in total. The van der Waals surface area contributed by atoms with E-state index in [9.17, 15) is 4.79 Å². The van der Waals surface area contributed by atoms with Crippen LogP contribution >= 0.6 is 0 Å². The van der Waals surface area contributed by atoms with E-state index in [1.165, 1.54) is 6.07 Å². The van der Waals surface area contributed by atoms with Crippen molar-refractivity contribution in [1.29, 1.82) is 0 Å². The van der Waals surface area contributed by atoms with E-state index in [-0.39, 0.29) is 0 Å². The minimum Gasteiger partial charge on any atom is -0.494 e. The van der Waals surface area contributed by atoms with Crippen molar-refractivity contribution in [1.82, 2.24) is 0 Å². The standard InChI is InChI=1S/C9H10NO2/c1-2-12-8-5-3-4-7(6-8)9(10)11/h4-6H,2H2,1H3,(H2,10,11). The molecule has 2 N–H and O–H groups in total. The van der Waals surface area contributed by atoms with Crippen LogP contribution in [0.15, 0.2) is 18.2 Å². The predicted molar refractivity (Wildman–Crippen MR) is 45.0 cm³/mol. The molecule has 0 bridgehead atoms. The van der Waals surface area contributed by atoms with Gasteiger partial charge >= 0.3 is 0 Å². The first kappa shape index (κ1) is 8.59. The third-order valence-corrected chi connectivity index (χ3v) is 1.36. The maximum Gasteiger partial charge on any atom is 0.248 e. The Labute approximate surface area is 71.1 Å². The molecule has 0 spiro atoms. The molecule has 12 heavy (non-hydrogen) atoms. The largest absolute Gasteiger partial charge is 0.494 e. The highest BCUT2D eigenvalue weighted by atomic mass is 16.5. The summed E-state index contributed by atoms with van der Waals surface area (Å²) in [5.41, 5.74) is 5.48. The topological polar surface area (TPSA) is 52.3 Å². The minimum absolute atomic E-state index is 0.418. The molecule has 0 atom stereocenters. The average molecular weight is 164 g/mol. The molecule has 0 fully saturated rings. The van der Waals surface area contributed by atoms with Gasteiger partial charge in [0.2, 0.25) is 5.91 Å². The summed E-state index contributed by atoms with van der Waals surface area (Å²) in [5.74, 6) is 0.154. The van der Waals surface area contributed by atoms with Gasteiger partial charge in [0.25, 0.3) is 0 Å². The molecule has 63 valence electrons. The molecule has 1 aromatic rings. The van der Waals surface area contributed by atoms with Gasteiger partial charge in [-0.15, -0.1) is 0 Å². The Hall–Kier alpha value is -1.51. The van der Waals surface area contributed by atoms with Gasteiger partial charge in [-0.25, -0.2) is 0 Å². The van der Waals surface area contributed by atoms with Crippen molar-refractivity contribution in [3.05, 3.63) is 29.8 Å². The quantitative estimate of drug-likeness (QED) is 0.724. The van der Waals surface area contributed by atoms with Crippen LogP contribution in [0.1, 0.15) is 17.3 Å². The molecule has 1 rings (SSSR count). The maximum atomic E-state index is 10.7. The van der Waals surface area contributed by atoms with Crippen LogP contribution in [0.2, 0.25) is 0 Å². The molecule has 0 saturated heterocycles. The number of hydrogen-bond acceptors (Lipinski definition) is 2. The lowest BCUT2D eigenvalue weighted by atomic mass is 10.2. The third kappa shape index (κ3) is 1.99. The average Bonchev–Trinajstić information content (AvgIpc) is 2.05. The monoisotopic (exact) mass is 164 g/mol. The lowest BCUT2D eigenvalue weighted by Gasteiger charge is -2.02. The van der Waals surface area contributed by atoms with Crippen LogP contribution in [0.3, 0.4) is 0 Å². The van der Waals surface area contributed by atoms with Gasteiger partial charge in [0.1, 0.15) is 5.75 Å². The molecule has 0 aliphatic heterocycles. The number of amides is 1. The van der Waals surface area contributed by atoms with E-state index >= 15 is 0 Å². The second-order valence-electron chi connectivity index (χ2n) is 2.25. The number of primary amides is 1. The molecular formula is C9H10NO2. The van der Waals surface area contributed by atoms with Crippen molar-refractivity contribution in [2.45, 2.75) is 6.92 Å². The summed E-state index contributed by atoms with van der Waals surface area (Å²) < 4.78 is 5.16. The number of benzene rings is 1. The van der Waals surface area contributed by atoms with Crippen molar-refractivity contribution < 1.29 is 9.53 Å². The number of carbonyl (C=O) groups excluding carboxylic acids is 1. The Kier molecular flexibility index (Phi) is 2.69. The van der Waals surface area contributed by atoms with Gasteiger partial charge in [0, 0.05) is 5.56 Å². The van der Waals surface area contributed by atoms with Crippen molar-refractivity contribution in [2.75, 3.05) is 6.61 Å². The first-order chi connectivity index (χ1) is 5.74. The van der Waals surface area contributed by atoms with Crippen LogP contribution < -0.4 is 10.5 Å². The van der Waals surface area contributed by atoms with Gasteiger partial charge in [-0.05, 0) is 31.2 Å².